The van der Waals surface area contributed by atoms with Gasteiger partial charge in [-0.15, -0.1) is 0 Å². The van der Waals surface area contributed by atoms with E-state index in [0.29, 0.717) is 29.9 Å². The molecule has 1 saturated carbocycles. The fourth-order valence-electron chi connectivity index (χ4n) is 5.39. The molecule has 10 nitrogen and oxygen atoms in total. The van der Waals surface area contributed by atoms with Crippen molar-refractivity contribution < 1.29 is 37.4 Å². The zero-order chi connectivity index (χ0) is 34.8. The van der Waals surface area contributed by atoms with Crippen molar-refractivity contribution in [3.8, 4) is 5.75 Å². The van der Waals surface area contributed by atoms with Crippen molar-refractivity contribution in [2.75, 3.05) is 41.9 Å². The molecule has 0 aliphatic heterocycles. The maximum atomic E-state index is 13.7. The van der Waals surface area contributed by atoms with Crippen molar-refractivity contribution >= 4 is 40.9 Å². The van der Waals surface area contributed by atoms with Gasteiger partial charge in [-0.25, -0.2) is 18.4 Å². The largest absolute Gasteiger partial charge is 0.482 e. The number of likely N-dealkylation sites (N-methyl/N-ethyl adjacent to an activating group) is 1. The van der Waals surface area contributed by atoms with Gasteiger partial charge in [-0.1, -0.05) is 43.9 Å². The number of carbonyl (C=O) groups excluding carboxylic acids is 4. The van der Waals surface area contributed by atoms with Gasteiger partial charge in [-0.05, 0) is 75.6 Å². The van der Waals surface area contributed by atoms with E-state index in [-0.39, 0.29) is 23.5 Å². The van der Waals surface area contributed by atoms with Crippen LogP contribution in [0.4, 0.5) is 30.6 Å². The second kappa shape index (κ2) is 16.2. The number of hydrogen-bond donors (Lipinski definition) is 2. The second-order valence-corrected chi connectivity index (χ2v) is 12.7. The lowest BCUT2D eigenvalue weighted by molar-refractivity contribution is -0.120. The molecule has 4 amide bonds. The van der Waals surface area contributed by atoms with E-state index >= 15 is 0 Å². The summed E-state index contributed by atoms with van der Waals surface area (Å²) in [7, 11) is 1.38. The molecule has 1 aliphatic carbocycles. The second-order valence-electron chi connectivity index (χ2n) is 12.7. The van der Waals surface area contributed by atoms with Gasteiger partial charge in [0.05, 0.1) is 17.8 Å². The SMILES string of the molecule is CN(C(=O)COc1ccccc1N(CCC1CCCC1)C(=O)CNC(=O)Nc1cccc(C(=O)OC(C)(C)C)c1)c1cc(F)cc(F)c1. The van der Waals surface area contributed by atoms with Gasteiger partial charge >= 0.3 is 12.0 Å². The van der Waals surface area contributed by atoms with E-state index in [2.05, 4.69) is 10.6 Å². The lowest BCUT2D eigenvalue weighted by Gasteiger charge is -2.27. The maximum Gasteiger partial charge on any atom is 0.338 e. The summed E-state index contributed by atoms with van der Waals surface area (Å²) in [6.45, 7) is 4.84. The summed E-state index contributed by atoms with van der Waals surface area (Å²) >= 11 is 0. The molecule has 48 heavy (non-hydrogen) atoms. The van der Waals surface area contributed by atoms with Crippen molar-refractivity contribution in [3.05, 3.63) is 83.9 Å². The quantitative estimate of drug-likeness (QED) is 0.208. The lowest BCUT2D eigenvalue weighted by atomic mass is 10.0. The van der Waals surface area contributed by atoms with E-state index in [1.54, 1.807) is 63.2 Å². The highest BCUT2D eigenvalue weighted by atomic mass is 19.1. The minimum absolute atomic E-state index is 0.0312. The molecule has 0 atom stereocenters. The summed E-state index contributed by atoms with van der Waals surface area (Å²) in [4.78, 5) is 54.4. The van der Waals surface area contributed by atoms with Gasteiger partial charge in [0.2, 0.25) is 5.91 Å². The minimum Gasteiger partial charge on any atom is -0.482 e. The number of benzene rings is 3. The van der Waals surface area contributed by atoms with E-state index < -0.39 is 47.7 Å². The number of carbonyl (C=O) groups is 4. The Hall–Kier alpha value is -5.00. The van der Waals surface area contributed by atoms with Crippen LogP contribution >= 0.6 is 0 Å². The standard InChI is InChI=1S/C36H42F2N4O6/c1-36(2,3)48-34(45)25-12-9-13-28(18-25)40-35(46)39-22-32(43)42(17-16-24-10-5-6-11-24)30-14-7-8-15-31(30)47-23-33(44)41(4)29-20-26(37)19-27(38)21-29/h7-9,12-15,18-21,24H,5-6,10-11,16-17,22-23H2,1-4H3,(H2,39,40,46). The molecule has 3 aromatic carbocycles. The number of urea groups is 1. The molecule has 256 valence electrons. The Bertz CT molecular complexity index is 1600. The summed E-state index contributed by atoms with van der Waals surface area (Å²) in [6, 6.07) is 15.2. The minimum atomic E-state index is -0.816. The first kappa shape index (κ1) is 35.8. The third-order valence-electron chi connectivity index (χ3n) is 7.81. The van der Waals surface area contributed by atoms with Crippen molar-refractivity contribution in [2.45, 2.75) is 58.5 Å². The molecule has 3 aromatic rings. The normalized spacial score (nSPS) is 13.0. The summed E-state index contributed by atoms with van der Waals surface area (Å²) in [5.41, 5.74) is 0.377. The average Bonchev–Trinajstić information content (AvgIpc) is 3.55. The van der Waals surface area contributed by atoms with Crippen molar-refractivity contribution in [2.24, 2.45) is 5.92 Å². The molecule has 4 rings (SSSR count). The molecule has 0 heterocycles. The van der Waals surface area contributed by atoms with Crippen LogP contribution in [0.1, 0.15) is 63.2 Å². The molecule has 0 radical (unpaired) electrons. The van der Waals surface area contributed by atoms with E-state index in [4.69, 9.17) is 9.47 Å². The first-order valence-corrected chi connectivity index (χ1v) is 15.9. The highest BCUT2D eigenvalue weighted by molar-refractivity contribution is 6.00. The molecular weight excluding hydrogens is 622 g/mol. The zero-order valence-corrected chi connectivity index (χ0v) is 27.7. The van der Waals surface area contributed by atoms with E-state index in [0.717, 1.165) is 49.1 Å². The molecular formula is C36H42F2N4O6. The molecule has 0 aromatic heterocycles. The number of para-hydroxylation sites is 2. The van der Waals surface area contributed by atoms with Crippen LogP contribution in [0.3, 0.4) is 0 Å². The predicted octanol–water partition coefficient (Wildman–Crippen LogP) is 6.70. The van der Waals surface area contributed by atoms with Gasteiger partial charge in [0.15, 0.2) is 6.61 Å². The molecule has 1 fully saturated rings. The van der Waals surface area contributed by atoms with Crippen LogP contribution in [-0.2, 0) is 14.3 Å². The zero-order valence-electron chi connectivity index (χ0n) is 27.7. The van der Waals surface area contributed by atoms with Crippen LogP contribution < -0.4 is 25.2 Å². The van der Waals surface area contributed by atoms with E-state index in [9.17, 15) is 28.0 Å². The first-order chi connectivity index (χ1) is 22.8. The average molecular weight is 665 g/mol. The van der Waals surface area contributed by atoms with Gasteiger partial charge in [-0.3, -0.25) is 9.59 Å². The van der Waals surface area contributed by atoms with Crippen molar-refractivity contribution in [3.63, 3.8) is 0 Å². The fraction of sp³-hybridized carbons (Fsp3) is 0.389. The van der Waals surface area contributed by atoms with Crippen LogP contribution in [0, 0.1) is 17.6 Å². The number of nitrogens with zero attached hydrogens (tertiary/aromatic N) is 2. The molecule has 0 bridgehead atoms. The monoisotopic (exact) mass is 664 g/mol. The topological polar surface area (TPSA) is 117 Å². The summed E-state index contributed by atoms with van der Waals surface area (Å²) in [6.07, 6.45) is 5.17. The van der Waals surface area contributed by atoms with Gasteiger partial charge in [0.1, 0.15) is 23.0 Å². The summed E-state index contributed by atoms with van der Waals surface area (Å²) in [5.74, 6) is -2.41. The Morgan fingerprint density at radius 1 is 0.896 bits per heavy atom. The molecule has 0 unspecified atom stereocenters. The smallest absolute Gasteiger partial charge is 0.338 e. The molecule has 1 aliphatic rings. The Morgan fingerprint density at radius 2 is 1.58 bits per heavy atom. The summed E-state index contributed by atoms with van der Waals surface area (Å²) < 4.78 is 38.7. The number of nitrogens with one attached hydrogen (secondary N) is 2. The first-order valence-electron chi connectivity index (χ1n) is 15.9. The maximum absolute atomic E-state index is 13.7. The molecule has 0 saturated heterocycles. The number of halogens is 2. The Balaban J connectivity index is 1.43. The van der Waals surface area contributed by atoms with Gasteiger partial charge in [-0.2, -0.15) is 0 Å². The Kier molecular flexibility index (Phi) is 12.1. The van der Waals surface area contributed by atoms with E-state index in [1.165, 1.54) is 18.0 Å². The van der Waals surface area contributed by atoms with Crippen LogP contribution in [0.25, 0.3) is 0 Å². The third kappa shape index (κ3) is 10.5. The lowest BCUT2D eigenvalue weighted by Crippen LogP contribution is -2.42. The predicted molar refractivity (Wildman–Crippen MR) is 179 cm³/mol. The highest BCUT2D eigenvalue weighted by Gasteiger charge is 2.24. The Morgan fingerprint density at radius 3 is 2.27 bits per heavy atom. The van der Waals surface area contributed by atoms with E-state index in [1.807, 2.05) is 0 Å². The number of esters is 1. The van der Waals surface area contributed by atoms with Crippen LogP contribution in [-0.4, -0.2) is 56.2 Å². The number of amides is 4. The van der Waals surface area contributed by atoms with Crippen LogP contribution in [0.2, 0.25) is 0 Å². The number of ether oxygens (including phenoxy) is 2. The van der Waals surface area contributed by atoms with Gasteiger partial charge < -0.3 is 29.9 Å². The number of hydrogen-bond acceptors (Lipinski definition) is 6. The molecule has 2 N–H and O–H groups in total. The van der Waals surface area contributed by atoms with Crippen molar-refractivity contribution in [1.82, 2.24) is 5.32 Å². The fourth-order valence-corrected chi connectivity index (χ4v) is 5.39. The molecule has 12 heteroatoms. The number of rotatable bonds is 12. The summed E-state index contributed by atoms with van der Waals surface area (Å²) in [5, 5.41) is 5.23. The van der Waals surface area contributed by atoms with Gasteiger partial charge in [0.25, 0.3) is 5.91 Å². The molecule has 0 spiro atoms. The van der Waals surface area contributed by atoms with Crippen LogP contribution in [0.5, 0.6) is 5.75 Å². The third-order valence-corrected chi connectivity index (χ3v) is 7.81. The van der Waals surface area contributed by atoms with Gasteiger partial charge in [0, 0.05) is 31.0 Å². The van der Waals surface area contributed by atoms with Crippen molar-refractivity contribution in [1.29, 1.82) is 0 Å². The highest BCUT2D eigenvalue weighted by Crippen LogP contribution is 2.32. The number of anilines is 3. The van der Waals surface area contributed by atoms with Crippen LogP contribution in [0.15, 0.2) is 66.7 Å². The Labute approximate surface area is 279 Å².